The summed E-state index contributed by atoms with van der Waals surface area (Å²) in [5, 5.41) is -0.379. The van der Waals surface area contributed by atoms with Crippen molar-refractivity contribution in [2.24, 2.45) is 0 Å². The molecule has 0 aromatic heterocycles. The van der Waals surface area contributed by atoms with Crippen LogP contribution in [-0.4, -0.2) is 36.5 Å². The molecule has 0 amide bonds. The summed E-state index contributed by atoms with van der Waals surface area (Å²) in [5.74, 6) is 0.686. The maximum atomic E-state index is 12.0. The molecule has 0 saturated carbocycles. The van der Waals surface area contributed by atoms with Gasteiger partial charge in [-0.25, -0.2) is 4.79 Å². The van der Waals surface area contributed by atoms with E-state index in [1.807, 2.05) is 0 Å². The van der Waals surface area contributed by atoms with Crippen LogP contribution in [0.2, 0.25) is 0 Å². The molecule has 0 bridgehead atoms. The molecule has 1 heterocycles. The fraction of sp³-hybridized carbons (Fsp3) is 0.450. The summed E-state index contributed by atoms with van der Waals surface area (Å²) in [7, 11) is 0. The lowest BCUT2D eigenvalue weighted by atomic mass is 10.1. The van der Waals surface area contributed by atoms with E-state index in [-0.39, 0.29) is 12.7 Å². The monoisotopic (exact) mass is 412 g/mol. The molecular formula is C20H22Cl2O5. The summed E-state index contributed by atoms with van der Waals surface area (Å²) in [6.45, 7) is 2.64. The molecule has 3 rings (SSSR count). The maximum Gasteiger partial charge on any atom is 0.347 e. The van der Waals surface area contributed by atoms with E-state index in [1.54, 1.807) is 49.4 Å². The Morgan fingerprint density at radius 2 is 2.07 bits per heavy atom. The predicted molar refractivity (Wildman–Crippen MR) is 103 cm³/mol. The summed E-state index contributed by atoms with van der Waals surface area (Å²) in [4.78, 5) is 12.0. The molecule has 7 heteroatoms. The number of ether oxygens (including phenoxy) is 4. The lowest BCUT2D eigenvalue weighted by Gasteiger charge is -2.26. The van der Waals surface area contributed by atoms with Crippen molar-refractivity contribution in [3.8, 4) is 11.5 Å². The summed E-state index contributed by atoms with van der Waals surface area (Å²) >= 11 is 12.4. The van der Waals surface area contributed by atoms with Gasteiger partial charge < -0.3 is 18.9 Å². The van der Waals surface area contributed by atoms with Crippen LogP contribution in [0.25, 0.3) is 0 Å². The highest BCUT2D eigenvalue weighted by atomic mass is 35.5. The zero-order valence-electron chi connectivity index (χ0n) is 15.0. The molecule has 0 N–H and O–H groups in total. The second-order valence-corrected chi connectivity index (χ2v) is 7.66. The second kappa shape index (κ2) is 9.00. The molecule has 2 aliphatic rings. The average molecular weight is 413 g/mol. The van der Waals surface area contributed by atoms with E-state index in [0.29, 0.717) is 23.0 Å². The fourth-order valence-electron chi connectivity index (χ4n) is 2.82. The topological polar surface area (TPSA) is 54.0 Å². The van der Waals surface area contributed by atoms with Gasteiger partial charge >= 0.3 is 5.97 Å². The van der Waals surface area contributed by atoms with Gasteiger partial charge in [-0.05, 0) is 56.2 Å². The molecule has 3 atom stereocenters. The molecule has 1 fully saturated rings. The van der Waals surface area contributed by atoms with Crippen molar-refractivity contribution in [3.63, 3.8) is 0 Å². The van der Waals surface area contributed by atoms with Crippen LogP contribution in [0.15, 0.2) is 47.5 Å². The Morgan fingerprint density at radius 1 is 1.33 bits per heavy atom. The molecule has 1 aromatic carbocycles. The lowest BCUT2D eigenvalue weighted by Crippen LogP contribution is -2.29. The van der Waals surface area contributed by atoms with Crippen molar-refractivity contribution >= 4 is 29.2 Å². The Labute approximate surface area is 168 Å². The van der Waals surface area contributed by atoms with Gasteiger partial charge in [0.1, 0.15) is 18.1 Å². The summed E-state index contributed by atoms with van der Waals surface area (Å²) in [6.07, 6.45) is 6.88. The fourth-order valence-corrected chi connectivity index (χ4v) is 3.46. The Kier molecular flexibility index (Phi) is 6.68. The van der Waals surface area contributed by atoms with Crippen LogP contribution in [0.1, 0.15) is 26.2 Å². The van der Waals surface area contributed by atoms with Gasteiger partial charge in [0, 0.05) is 18.1 Å². The van der Waals surface area contributed by atoms with Crippen molar-refractivity contribution in [1.29, 1.82) is 0 Å². The highest BCUT2D eigenvalue weighted by Gasteiger charge is 2.29. The molecule has 1 aromatic rings. The number of carbonyl (C=O) groups excluding carboxylic acids is 1. The van der Waals surface area contributed by atoms with Gasteiger partial charge in [-0.1, -0.05) is 29.3 Å². The van der Waals surface area contributed by atoms with E-state index < -0.39 is 17.1 Å². The second-order valence-electron chi connectivity index (χ2n) is 6.53. The highest BCUT2D eigenvalue weighted by Crippen LogP contribution is 2.34. The third-order valence-corrected chi connectivity index (χ3v) is 4.82. The van der Waals surface area contributed by atoms with Crippen LogP contribution < -0.4 is 9.47 Å². The predicted octanol–water partition coefficient (Wildman–Crippen LogP) is 4.57. The Balaban J connectivity index is 1.48. The standard InChI is InChI=1S/C20H22Cl2O5/c1-14(19(23)25-13-18-5-3-11-24-18)26-16-6-8-17(9-7-16)27-20(22)10-2-4-15(21)12-20/h2,4,6-10,14,18H,3,5,11-13H2,1H3. The smallest absolute Gasteiger partial charge is 0.347 e. The minimum absolute atomic E-state index is 0.00218. The summed E-state index contributed by atoms with van der Waals surface area (Å²) in [5.41, 5.74) is 0. The molecule has 146 valence electrons. The number of carbonyl (C=O) groups is 1. The molecule has 5 nitrogen and oxygen atoms in total. The van der Waals surface area contributed by atoms with E-state index in [1.165, 1.54) is 0 Å². The number of esters is 1. The number of hydrogen-bond donors (Lipinski definition) is 0. The van der Waals surface area contributed by atoms with Crippen LogP contribution in [0.5, 0.6) is 11.5 Å². The molecule has 0 radical (unpaired) electrons. The first-order chi connectivity index (χ1) is 12.9. The molecule has 0 spiro atoms. The van der Waals surface area contributed by atoms with E-state index in [2.05, 4.69) is 0 Å². The quantitative estimate of drug-likeness (QED) is 0.484. The number of alkyl halides is 1. The van der Waals surface area contributed by atoms with Crippen molar-refractivity contribution in [2.75, 3.05) is 13.2 Å². The maximum absolute atomic E-state index is 12.0. The van der Waals surface area contributed by atoms with E-state index in [9.17, 15) is 4.79 Å². The lowest BCUT2D eigenvalue weighted by molar-refractivity contribution is -0.154. The minimum atomic E-state index is -1.01. The minimum Gasteiger partial charge on any atom is -0.479 e. The Hall–Kier alpha value is -1.69. The largest absolute Gasteiger partial charge is 0.479 e. The number of hydrogen-bond acceptors (Lipinski definition) is 5. The van der Waals surface area contributed by atoms with Gasteiger partial charge in [-0.3, -0.25) is 0 Å². The van der Waals surface area contributed by atoms with E-state index in [0.717, 1.165) is 19.4 Å². The summed E-state index contributed by atoms with van der Waals surface area (Å²) < 4.78 is 22.1. The van der Waals surface area contributed by atoms with Crippen molar-refractivity contribution in [2.45, 2.75) is 43.5 Å². The first kappa shape index (κ1) is 20.1. The first-order valence-corrected chi connectivity index (χ1v) is 9.66. The third-order valence-electron chi connectivity index (χ3n) is 4.22. The molecule has 1 saturated heterocycles. The van der Waals surface area contributed by atoms with Gasteiger partial charge in [-0.15, -0.1) is 0 Å². The van der Waals surface area contributed by atoms with Crippen molar-refractivity contribution in [1.82, 2.24) is 0 Å². The van der Waals surface area contributed by atoms with Crippen molar-refractivity contribution in [3.05, 3.63) is 47.5 Å². The Bertz CT molecular complexity index is 710. The molecule has 1 aliphatic heterocycles. The van der Waals surface area contributed by atoms with Crippen molar-refractivity contribution < 1.29 is 23.7 Å². The van der Waals surface area contributed by atoms with Gasteiger partial charge in [0.15, 0.2) is 6.10 Å². The molecule has 1 aliphatic carbocycles. The molecular weight excluding hydrogens is 391 g/mol. The SMILES string of the molecule is CC(Oc1ccc(OC2(Cl)C=CC=C(Cl)C2)cc1)C(=O)OCC1CCCO1. The summed E-state index contributed by atoms with van der Waals surface area (Å²) in [6, 6.07) is 6.88. The van der Waals surface area contributed by atoms with E-state index >= 15 is 0 Å². The van der Waals surface area contributed by atoms with Gasteiger partial charge in [-0.2, -0.15) is 0 Å². The third kappa shape index (κ3) is 5.89. The van der Waals surface area contributed by atoms with E-state index in [4.69, 9.17) is 42.1 Å². The number of benzene rings is 1. The normalized spacial score (nSPS) is 25.6. The zero-order chi connectivity index (χ0) is 19.3. The molecule has 3 unspecified atom stereocenters. The first-order valence-electron chi connectivity index (χ1n) is 8.90. The number of halogens is 2. The molecule has 27 heavy (non-hydrogen) atoms. The van der Waals surface area contributed by atoms with Crippen LogP contribution >= 0.6 is 23.2 Å². The number of allylic oxidation sites excluding steroid dienone is 2. The van der Waals surface area contributed by atoms with Gasteiger partial charge in [0.05, 0.1) is 6.10 Å². The zero-order valence-corrected chi connectivity index (χ0v) is 16.5. The van der Waals surface area contributed by atoms with Crippen LogP contribution in [0, 0.1) is 0 Å². The van der Waals surface area contributed by atoms with Gasteiger partial charge in [0.2, 0.25) is 5.06 Å². The van der Waals surface area contributed by atoms with Crippen LogP contribution in [-0.2, 0) is 14.3 Å². The Morgan fingerprint density at radius 3 is 2.74 bits per heavy atom. The van der Waals surface area contributed by atoms with Gasteiger partial charge in [0.25, 0.3) is 0 Å². The number of rotatable bonds is 7. The highest BCUT2D eigenvalue weighted by molar-refractivity contribution is 6.32. The average Bonchev–Trinajstić information content (AvgIpc) is 3.14. The van der Waals surface area contributed by atoms with Crippen LogP contribution in [0.4, 0.5) is 0 Å². The van der Waals surface area contributed by atoms with Crippen LogP contribution in [0.3, 0.4) is 0 Å².